The van der Waals surface area contributed by atoms with Crippen LogP contribution in [0, 0.1) is 29.8 Å². The Morgan fingerprint density at radius 1 is 1.24 bits per heavy atom. The fraction of sp³-hybridized carbons (Fsp3) is 0.733. The maximum absolute atomic E-state index is 6.60. The van der Waals surface area contributed by atoms with E-state index in [1.165, 1.54) is 0 Å². The summed E-state index contributed by atoms with van der Waals surface area (Å²) in [4.78, 5) is 0. The van der Waals surface area contributed by atoms with E-state index < -0.39 is 5.79 Å². The Morgan fingerprint density at radius 3 is 2.00 bits per heavy atom. The van der Waals surface area contributed by atoms with Crippen LogP contribution in [0.3, 0.4) is 0 Å². The van der Waals surface area contributed by atoms with Crippen LogP contribution in [0.2, 0.25) is 0 Å². The van der Waals surface area contributed by atoms with Crippen LogP contribution < -0.4 is 61.7 Å². The summed E-state index contributed by atoms with van der Waals surface area (Å²) in [6.07, 6.45) is 13.9. The van der Waals surface area contributed by atoms with Gasteiger partial charge in [-0.2, -0.15) is 0 Å². The number of allylic oxidation sites excluding steroid dienone is 1. The predicted molar refractivity (Wildman–Crippen MR) is 67.4 cm³/mol. The van der Waals surface area contributed by atoms with Crippen molar-refractivity contribution in [2.75, 3.05) is 13.2 Å². The smallest absolute Gasteiger partial charge is 1.00 e. The topological polar surface area (TPSA) is 18.5 Å². The van der Waals surface area contributed by atoms with Crippen LogP contribution in [0.5, 0.6) is 0 Å². The van der Waals surface area contributed by atoms with Gasteiger partial charge in [-0.25, -0.2) is 0 Å². The zero-order valence-corrected chi connectivity index (χ0v) is 17.1. The standard InChI is InChI=1S/C9H13O2.C6H9.Cu.HI.2Li/c1-8-3-2-4-9(7-8)10-5-6-11-9;1-5-6(2,3)4;;;;/h2,8H,3,5-7H2,1H3;2-4H3;;1H;;/q2*-1;+1;;2*+1/p-1/t8-;;;;;/m1...../s1. The molecule has 2 nitrogen and oxygen atoms in total. The van der Waals surface area contributed by atoms with E-state index in [2.05, 4.69) is 18.9 Å². The van der Waals surface area contributed by atoms with Crippen molar-refractivity contribution in [1.82, 2.24) is 0 Å². The minimum absolute atomic E-state index is 0. The Bertz CT molecular complexity index is 319. The van der Waals surface area contributed by atoms with Crippen LogP contribution in [-0.2, 0) is 26.5 Å². The van der Waals surface area contributed by atoms with Gasteiger partial charge in [0.2, 0.25) is 0 Å². The first-order chi connectivity index (χ1) is 7.87. The van der Waals surface area contributed by atoms with E-state index in [0.29, 0.717) is 19.1 Å². The molecule has 0 amide bonds. The quantitative estimate of drug-likeness (QED) is 0.162. The molecule has 0 aromatic heterocycles. The maximum atomic E-state index is 6.60. The van der Waals surface area contributed by atoms with Gasteiger partial charge in [0, 0.05) is 5.79 Å². The van der Waals surface area contributed by atoms with E-state index in [1.54, 1.807) is 0 Å². The summed E-state index contributed by atoms with van der Waals surface area (Å²) in [6, 6.07) is 0. The Kier molecular flexibility index (Phi) is 20.4. The first-order valence-corrected chi connectivity index (χ1v) is 6.18. The summed E-state index contributed by atoms with van der Waals surface area (Å²) in [5.41, 5.74) is -0.0417. The van der Waals surface area contributed by atoms with Crippen LogP contribution in [-0.4, -0.2) is 19.0 Å². The monoisotopic (exact) mass is 438 g/mol. The number of hydrogen-bond donors (Lipinski definition) is 0. The third kappa shape index (κ3) is 12.7. The van der Waals surface area contributed by atoms with Gasteiger partial charge in [-0.05, 0) is 17.8 Å². The second kappa shape index (κ2) is 14.0. The molecule has 2 aliphatic rings. The summed E-state index contributed by atoms with van der Waals surface area (Å²) in [7, 11) is 0. The molecule has 0 aromatic carbocycles. The van der Waals surface area contributed by atoms with Crippen LogP contribution in [0.1, 0.15) is 40.5 Å². The zero-order valence-electron chi connectivity index (χ0n) is 14.0. The zero-order chi connectivity index (χ0) is 12.9. The van der Waals surface area contributed by atoms with Gasteiger partial charge in [-0.15, -0.1) is 0 Å². The van der Waals surface area contributed by atoms with Gasteiger partial charge in [-0.3, -0.25) is 6.08 Å². The minimum atomic E-state index is -0.461. The molecule has 0 N–H and O–H groups in total. The van der Waals surface area contributed by atoms with Gasteiger partial charge in [0.1, 0.15) is 0 Å². The normalized spacial score (nSPS) is 21.2. The molecule has 1 saturated heterocycles. The predicted octanol–water partition coefficient (Wildman–Crippen LogP) is -5.85. The van der Waals surface area contributed by atoms with E-state index in [4.69, 9.17) is 15.9 Å². The van der Waals surface area contributed by atoms with Crippen LogP contribution in [0.25, 0.3) is 0 Å². The maximum Gasteiger partial charge on any atom is 1.00 e. The minimum Gasteiger partial charge on any atom is -1.00 e. The van der Waals surface area contributed by atoms with Gasteiger partial charge >= 0.3 is 54.8 Å². The van der Waals surface area contributed by atoms with E-state index in [1.807, 2.05) is 26.8 Å². The van der Waals surface area contributed by atoms with Crippen molar-refractivity contribution in [3.8, 4) is 5.92 Å². The molecule has 0 unspecified atom stereocenters. The first kappa shape index (κ1) is 30.5. The van der Waals surface area contributed by atoms with Gasteiger partial charge < -0.3 is 51.9 Å². The summed E-state index contributed by atoms with van der Waals surface area (Å²) < 4.78 is 11.0. The van der Waals surface area contributed by atoms with Crippen molar-refractivity contribution in [3.05, 3.63) is 18.6 Å². The van der Waals surface area contributed by atoms with Crippen molar-refractivity contribution in [1.29, 1.82) is 0 Å². The Balaban J connectivity index is -0.000000130. The second-order valence-corrected chi connectivity index (χ2v) is 5.72. The molecule has 0 saturated carbocycles. The second-order valence-electron chi connectivity index (χ2n) is 5.72. The van der Waals surface area contributed by atoms with E-state index in [0.717, 1.165) is 12.8 Å². The third-order valence-corrected chi connectivity index (χ3v) is 2.59. The fourth-order valence-corrected chi connectivity index (χ4v) is 1.67. The van der Waals surface area contributed by atoms with Crippen LogP contribution in [0.4, 0.5) is 0 Å². The average Bonchev–Trinajstić information content (AvgIpc) is 2.66. The molecule has 0 bridgehead atoms. The van der Waals surface area contributed by atoms with Gasteiger partial charge in [0.05, 0.1) is 13.2 Å². The van der Waals surface area contributed by atoms with Crippen molar-refractivity contribution in [2.45, 2.75) is 46.3 Å². The van der Waals surface area contributed by atoms with E-state index >= 15 is 0 Å². The number of rotatable bonds is 0. The van der Waals surface area contributed by atoms with Gasteiger partial charge in [0.15, 0.2) is 0 Å². The molecule has 0 radical (unpaired) electrons. The first-order valence-electron chi connectivity index (χ1n) is 6.18. The molecular formula is C15H22CuILi2O2. The van der Waals surface area contributed by atoms with Crippen LogP contribution in [0.15, 0.2) is 6.08 Å². The van der Waals surface area contributed by atoms with Gasteiger partial charge in [0.25, 0.3) is 0 Å². The number of hydrogen-bond acceptors (Lipinski definition) is 2. The van der Waals surface area contributed by atoms with Crippen molar-refractivity contribution in [3.63, 3.8) is 0 Å². The van der Waals surface area contributed by atoms with E-state index in [-0.39, 0.29) is 84.2 Å². The molecule has 6 heteroatoms. The largest absolute Gasteiger partial charge is 1.00 e. The number of ether oxygens (including phenoxy) is 2. The summed E-state index contributed by atoms with van der Waals surface area (Å²) in [6.45, 7) is 9.48. The Morgan fingerprint density at radius 2 is 1.67 bits per heavy atom. The molecule has 2 rings (SSSR count). The molecule has 1 aliphatic carbocycles. The van der Waals surface area contributed by atoms with Crippen LogP contribution >= 0.6 is 0 Å². The molecule has 21 heavy (non-hydrogen) atoms. The molecule has 0 aromatic rings. The van der Waals surface area contributed by atoms with E-state index in [9.17, 15) is 0 Å². The summed E-state index contributed by atoms with van der Waals surface area (Å²) in [5.74, 6) is 2.55. The molecule has 114 valence electrons. The molecule has 1 aliphatic heterocycles. The third-order valence-electron chi connectivity index (χ3n) is 2.59. The average molecular weight is 439 g/mol. The van der Waals surface area contributed by atoms with Gasteiger partial charge in [-0.1, -0.05) is 34.1 Å². The Labute approximate surface area is 182 Å². The summed E-state index contributed by atoms with van der Waals surface area (Å²) >= 11 is 0. The SMILES string of the molecule is C[C@@H]1CC=[C-]C2(C1)OCCO2.[C-]#CC(C)(C)C.[Cu+].[I-].[Li+].[Li+]. The summed E-state index contributed by atoms with van der Waals surface area (Å²) in [5, 5.41) is 0. The fourth-order valence-electron chi connectivity index (χ4n) is 1.67. The molecule has 1 atom stereocenters. The molecule has 1 heterocycles. The molecule has 1 spiro atoms. The van der Waals surface area contributed by atoms with Crippen molar-refractivity contribution in [2.24, 2.45) is 11.3 Å². The Hall–Kier alpha value is 1.66. The van der Waals surface area contributed by atoms with Crippen molar-refractivity contribution >= 4 is 0 Å². The molecule has 1 fully saturated rings. The van der Waals surface area contributed by atoms with Crippen molar-refractivity contribution < 1.29 is 88.2 Å². The molecular weight excluding hydrogens is 416 g/mol. The number of halogens is 1.